The standard InChI is InChI=1S/C27H25N3O5S/c1-19-20(2)29-35-27(19)30-36(32,33)25-15-11-23(12-16-25)28-26(31)17-10-21-8-13-24(14-9-21)34-18-22-6-4-3-5-7-22/h3-17,30H,18H2,1-2H3,(H,28,31)/b17-10+. The van der Waals surface area contributed by atoms with Gasteiger partial charge in [-0.2, -0.15) is 0 Å². The summed E-state index contributed by atoms with van der Waals surface area (Å²) in [6, 6.07) is 23.1. The Labute approximate surface area is 209 Å². The maximum atomic E-state index is 12.6. The molecule has 0 aliphatic carbocycles. The van der Waals surface area contributed by atoms with Gasteiger partial charge in [0.2, 0.25) is 11.8 Å². The Bertz CT molecular complexity index is 1460. The Morgan fingerprint density at radius 1 is 0.972 bits per heavy atom. The first-order valence-corrected chi connectivity index (χ1v) is 12.6. The predicted octanol–water partition coefficient (Wildman–Crippen LogP) is 5.32. The highest BCUT2D eigenvalue weighted by Gasteiger charge is 2.19. The first-order valence-electron chi connectivity index (χ1n) is 11.1. The highest BCUT2D eigenvalue weighted by atomic mass is 32.2. The molecule has 1 heterocycles. The number of carbonyl (C=O) groups is 1. The number of rotatable bonds is 9. The predicted molar refractivity (Wildman–Crippen MR) is 138 cm³/mol. The van der Waals surface area contributed by atoms with E-state index < -0.39 is 10.0 Å². The van der Waals surface area contributed by atoms with E-state index in [9.17, 15) is 13.2 Å². The second kappa shape index (κ2) is 10.9. The second-order valence-corrected chi connectivity index (χ2v) is 9.70. The van der Waals surface area contributed by atoms with Crippen molar-refractivity contribution < 1.29 is 22.5 Å². The van der Waals surface area contributed by atoms with Gasteiger partial charge in [-0.3, -0.25) is 4.79 Å². The molecule has 0 saturated heterocycles. The van der Waals surface area contributed by atoms with Crippen molar-refractivity contribution >= 4 is 33.6 Å². The number of aryl methyl sites for hydroxylation is 1. The molecule has 0 saturated carbocycles. The van der Waals surface area contributed by atoms with Crippen molar-refractivity contribution in [2.24, 2.45) is 0 Å². The van der Waals surface area contributed by atoms with E-state index in [4.69, 9.17) is 9.26 Å². The lowest BCUT2D eigenvalue weighted by Crippen LogP contribution is -2.13. The van der Waals surface area contributed by atoms with E-state index in [1.165, 1.54) is 30.3 Å². The number of aromatic nitrogens is 1. The third-order valence-electron chi connectivity index (χ3n) is 5.37. The minimum absolute atomic E-state index is 0.0269. The van der Waals surface area contributed by atoms with E-state index in [0.717, 1.165) is 16.9 Å². The van der Waals surface area contributed by atoms with Crippen LogP contribution in [0.4, 0.5) is 11.6 Å². The lowest BCUT2D eigenvalue weighted by Gasteiger charge is -2.07. The van der Waals surface area contributed by atoms with Gasteiger partial charge in [0.25, 0.3) is 10.0 Å². The monoisotopic (exact) mass is 503 g/mol. The summed E-state index contributed by atoms with van der Waals surface area (Å²) in [4.78, 5) is 12.3. The van der Waals surface area contributed by atoms with Crippen LogP contribution in [0.2, 0.25) is 0 Å². The van der Waals surface area contributed by atoms with Gasteiger partial charge in [0.15, 0.2) is 0 Å². The zero-order valence-electron chi connectivity index (χ0n) is 19.8. The molecule has 36 heavy (non-hydrogen) atoms. The molecule has 9 heteroatoms. The number of nitrogens with zero attached hydrogens (tertiary/aromatic N) is 1. The highest BCUT2D eigenvalue weighted by molar-refractivity contribution is 7.92. The Hall–Kier alpha value is -4.37. The molecule has 184 valence electrons. The van der Waals surface area contributed by atoms with Crippen molar-refractivity contribution in [1.29, 1.82) is 0 Å². The second-order valence-electron chi connectivity index (χ2n) is 8.02. The number of carbonyl (C=O) groups excluding carboxylic acids is 1. The normalized spacial score (nSPS) is 11.4. The van der Waals surface area contributed by atoms with Crippen molar-refractivity contribution in [2.75, 3.05) is 10.0 Å². The number of hydrogen-bond acceptors (Lipinski definition) is 6. The van der Waals surface area contributed by atoms with Gasteiger partial charge in [-0.25, -0.2) is 13.1 Å². The summed E-state index contributed by atoms with van der Waals surface area (Å²) in [5.74, 6) is 0.463. The van der Waals surface area contributed by atoms with Gasteiger partial charge in [0.1, 0.15) is 12.4 Å². The summed E-state index contributed by atoms with van der Waals surface area (Å²) in [6.45, 7) is 3.91. The van der Waals surface area contributed by atoms with Crippen LogP contribution < -0.4 is 14.8 Å². The molecule has 3 aromatic carbocycles. The molecule has 1 aromatic heterocycles. The van der Waals surface area contributed by atoms with Crippen molar-refractivity contribution in [3.05, 3.63) is 107 Å². The molecular weight excluding hydrogens is 478 g/mol. The smallest absolute Gasteiger partial charge is 0.264 e. The molecule has 2 N–H and O–H groups in total. The molecule has 0 aliphatic heterocycles. The molecule has 0 spiro atoms. The maximum absolute atomic E-state index is 12.6. The van der Waals surface area contributed by atoms with Crippen LogP contribution >= 0.6 is 0 Å². The summed E-state index contributed by atoms with van der Waals surface area (Å²) in [5.41, 5.74) is 3.59. The van der Waals surface area contributed by atoms with Crippen LogP contribution in [-0.4, -0.2) is 19.5 Å². The van der Waals surface area contributed by atoms with Gasteiger partial charge in [-0.1, -0.05) is 47.6 Å². The van der Waals surface area contributed by atoms with Crippen LogP contribution in [0.3, 0.4) is 0 Å². The Morgan fingerprint density at radius 3 is 2.31 bits per heavy atom. The van der Waals surface area contributed by atoms with Crippen LogP contribution in [0.25, 0.3) is 6.08 Å². The number of sulfonamides is 1. The summed E-state index contributed by atoms with van der Waals surface area (Å²) in [6.07, 6.45) is 3.09. The third kappa shape index (κ3) is 6.39. The first kappa shape index (κ1) is 24.7. The SMILES string of the molecule is Cc1noc(NS(=O)(=O)c2ccc(NC(=O)/C=C/c3ccc(OCc4ccccc4)cc3)cc2)c1C. The van der Waals surface area contributed by atoms with Crippen LogP contribution in [0.1, 0.15) is 22.4 Å². The zero-order valence-corrected chi connectivity index (χ0v) is 20.6. The van der Waals surface area contributed by atoms with Crippen LogP contribution in [0.5, 0.6) is 5.75 Å². The Morgan fingerprint density at radius 2 is 1.67 bits per heavy atom. The molecule has 0 bridgehead atoms. The maximum Gasteiger partial charge on any atom is 0.264 e. The lowest BCUT2D eigenvalue weighted by atomic mass is 10.2. The minimum Gasteiger partial charge on any atom is -0.489 e. The summed E-state index contributed by atoms with van der Waals surface area (Å²) in [7, 11) is -3.86. The van der Waals surface area contributed by atoms with E-state index in [-0.39, 0.29) is 16.7 Å². The molecule has 0 unspecified atom stereocenters. The minimum atomic E-state index is -3.86. The summed E-state index contributed by atoms with van der Waals surface area (Å²) in [5, 5.41) is 6.45. The van der Waals surface area contributed by atoms with Crippen LogP contribution in [0, 0.1) is 13.8 Å². The number of nitrogens with one attached hydrogen (secondary N) is 2. The molecule has 4 aromatic rings. The summed E-state index contributed by atoms with van der Waals surface area (Å²) >= 11 is 0. The van der Waals surface area contributed by atoms with E-state index in [0.29, 0.717) is 23.6 Å². The number of ether oxygens (including phenoxy) is 1. The number of anilines is 2. The quantitative estimate of drug-likeness (QED) is 0.299. The average molecular weight is 504 g/mol. The van der Waals surface area contributed by atoms with Gasteiger partial charge in [0, 0.05) is 17.3 Å². The average Bonchev–Trinajstić information content (AvgIpc) is 3.19. The van der Waals surface area contributed by atoms with E-state index >= 15 is 0 Å². The van der Waals surface area contributed by atoms with Crippen molar-refractivity contribution in [3.63, 3.8) is 0 Å². The fourth-order valence-electron chi connectivity index (χ4n) is 3.18. The first-order chi connectivity index (χ1) is 17.3. The molecule has 8 nitrogen and oxygen atoms in total. The lowest BCUT2D eigenvalue weighted by molar-refractivity contribution is -0.111. The number of benzene rings is 3. The van der Waals surface area contributed by atoms with Crippen molar-refractivity contribution in [2.45, 2.75) is 25.3 Å². The van der Waals surface area contributed by atoms with Gasteiger partial charge < -0.3 is 14.6 Å². The van der Waals surface area contributed by atoms with Gasteiger partial charge in [0.05, 0.1) is 10.6 Å². The van der Waals surface area contributed by atoms with E-state index in [2.05, 4.69) is 15.2 Å². The van der Waals surface area contributed by atoms with Gasteiger partial charge in [-0.15, -0.1) is 0 Å². The van der Waals surface area contributed by atoms with Gasteiger partial charge in [-0.05, 0) is 67.4 Å². The fourth-order valence-corrected chi connectivity index (χ4v) is 4.23. The third-order valence-corrected chi connectivity index (χ3v) is 6.72. The van der Waals surface area contributed by atoms with E-state index in [1.54, 1.807) is 19.9 Å². The number of amides is 1. The molecule has 0 atom stereocenters. The summed E-state index contributed by atoms with van der Waals surface area (Å²) < 4.78 is 38.3. The molecule has 0 aliphatic rings. The topological polar surface area (TPSA) is 111 Å². The van der Waals surface area contributed by atoms with E-state index in [1.807, 2.05) is 54.6 Å². The molecule has 4 rings (SSSR count). The largest absolute Gasteiger partial charge is 0.489 e. The number of hydrogen-bond donors (Lipinski definition) is 2. The van der Waals surface area contributed by atoms with Crippen LogP contribution in [-0.2, 0) is 21.4 Å². The van der Waals surface area contributed by atoms with Crippen LogP contribution in [0.15, 0.2) is 94.4 Å². The molecule has 0 fully saturated rings. The fraction of sp³-hybridized carbons (Fsp3) is 0.111. The van der Waals surface area contributed by atoms with Crippen molar-refractivity contribution in [3.8, 4) is 5.75 Å². The van der Waals surface area contributed by atoms with Crippen molar-refractivity contribution in [1.82, 2.24) is 5.16 Å². The molecule has 0 radical (unpaired) electrons. The Kier molecular flexibility index (Phi) is 7.50. The molecule has 1 amide bonds. The molecular formula is C27H25N3O5S. The van der Waals surface area contributed by atoms with Gasteiger partial charge >= 0.3 is 0 Å². The zero-order chi connectivity index (χ0) is 25.5. The highest BCUT2D eigenvalue weighted by Crippen LogP contribution is 2.22. The Balaban J connectivity index is 1.30.